The van der Waals surface area contributed by atoms with Gasteiger partial charge in [-0.15, -0.1) is 0 Å². The van der Waals surface area contributed by atoms with Crippen LogP contribution < -0.4 is 24.8 Å². The standard InChI is InChI=1S/2C12H20NSi.2ClH.Hf/c2*1-11-6-7-12(10-11)14(2,3)13-8-4-5-9-13;;;/h2*6-7,10H,4-5,8-9H2,1-3H3;2*1H;/q;;;;+2/p-2. The first-order valence-electron chi connectivity index (χ1n) is 11.7. The van der Waals surface area contributed by atoms with E-state index in [-0.39, 0.29) is 24.8 Å². The fourth-order valence-electron chi connectivity index (χ4n) is 6.08. The van der Waals surface area contributed by atoms with Gasteiger partial charge in [0.25, 0.3) is 0 Å². The van der Waals surface area contributed by atoms with Crippen molar-refractivity contribution in [1.82, 2.24) is 9.13 Å². The largest absolute Gasteiger partial charge is 1.00 e. The molecule has 0 bridgehead atoms. The number of halogens is 2. The van der Waals surface area contributed by atoms with Gasteiger partial charge in [-0.25, -0.2) is 0 Å². The Hall–Kier alpha value is 0.764. The van der Waals surface area contributed by atoms with E-state index in [1.165, 1.54) is 63.0 Å². The van der Waals surface area contributed by atoms with Crippen LogP contribution in [0, 0.1) is 0 Å². The average molecular weight is 662 g/mol. The fourth-order valence-corrected chi connectivity index (χ4v) is 33.0. The van der Waals surface area contributed by atoms with Crippen molar-refractivity contribution in [3.63, 3.8) is 0 Å². The SMILES string of the molecule is CC1=C[C]([Hf+2][C]2([Si](C)(C)N3CCCC3)C=CC(C)=C2)([Si](C)(C)N2CCCC2)C=C1.[Cl-].[Cl-]. The fraction of sp³-hybridized carbons (Fsp3) is 0.667. The van der Waals surface area contributed by atoms with Crippen molar-refractivity contribution >= 4 is 16.5 Å². The predicted molar refractivity (Wildman–Crippen MR) is 128 cm³/mol. The normalized spacial score (nSPS) is 31.3. The van der Waals surface area contributed by atoms with E-state index in [2.05, 4.69) is 85.6 Å². The molecule has 2 fully saturated rings. The quantitative estimate of drug-likeness (QED) is 0.373. The monoisotopic (exact) mass is 662 g/mol. The van der Waals surface area contributed by atoms with Crippen LogP contribution in [-0.2, 0) is 22.9 Å². The van der Waals surface area contributed by atoms with E-state index in [9.17, 15) is 0 Å². The van der Waals surface area contributed by atoms with E-state index >= 15 is 0 Å². The second-order valence-electron chi connectivity index (χ2n) is 10.8. The molecule has 0 spiro atoms. The number of nitrogens with zero attached hydrogens (tertiary/aromatic N) is 2. The van der Waals surface area contributed by atoms with Gasteiger partial charge in [-0.05, 0) is 0 Å². The maximum atomic E-state index is 2.97. The van der Waals surface area contributed by atoms with Gasteiger partial charge in [0, 0.05) is 0 Å². The van der Waals surface area contributed by atoms with Crippen LogP contribution in [0.1, 0.15) is 39.5 Å². The zero-order valence-corrected chi connectivity index (χ0v) is 27.4. The van der Waals surface area contributed by atoms with Gasteiger partial charge in [0.05, 0.1) is 0 Å². The van der Waals surface area contributed by atoms with E-state index in [4.69, 9.17) is 0 Å². The minimum absolute atomic E-state index is 0. The van der Waals surface area contributed by atoms with Gasteiger partial charge in [0.1, 0.15) is 0 Å². The molecule has 2 heterocycles. The molecule has 0 aromatic rings. The first-order valence-corrected chi connectivity index (χ1v) is 21.2. The van der Waals surface area contributed by atoms with Crippen LogP contribution in [0.4, 0.5) is 0 Å². The van der Waals surface area contributed by atoms with E-state index in [0.717, 1.165) is 0 Å². The topological polar surface area (TPSA) is 6.48 Å². The van der Waals surface area contributed by atoms with Crippen LogP contribution >= 0.6 is 0 Å². The average Bonchev–Trinajstić information content (AvgIpc) is 3.44. The Labute approximate surface area is 217 Å². The minimum Gasteiger partial charge on any atom is -1.00 e. The van der Waals surface area contributed by atoms with Crippen molar-refractivity contribution in [1.29, 1.82) is 0 Å². The first-order chi connectivity index (χ1) is 13.6. The summed E-state index contributed by atoms with van der Waals surface area (Å²) in [6.07, 6.45) is 21.6. The second-order valence-corrected chi connectivity index (χ2v) is 30.4. The van der Waals surface area contributed by atoms with Crippen molar-refractivity contribution in [2.45, 2.75) is 71.3 Å². The van der Waals surface area contributed by atoms with Crippen LogP contribution in [0.25, 0.3) is 0 Å². The summed E-state index contributed by atoms with van der Waals surface area (Å²) in [6, 6.07) is 0. The maximum absolute atomic E-state index is 2.97. The Balaban J connectivity index is 0.00000171. The minimum atomic E-state index is -1.59. The zero-order valence-electron chi connectivity index (χ0n) is 20.3. The number of rotatable bonds is 6. The molecule has 2 unspecified atom stereocenters. The summed E-state index contributed by atoms with van der Waals surface area (Å²) >= 11 is -1.17. The van der Waals surface area contributed by atoms with E-state index in [1.807, 2.05) is 0 Å². The van der Waals surface area contributed by atoms with E-state index in [1.54, 1.807) is 0 Å². The summed E-state index contributed by atoms with van der Waals surface area (Å²) in [4.78, 5) is 0. The molecule has 4 rings (SSSR count). The van der Waals surface area contributed by atoms with Gasteiger partial charge in [0.15, 0.2) is 0 Å². The van der Waals surface area contributed by atoms with Gasteiger partial charge < -0.3 is 24.8 Å². The third kappa shape index (κ3) is 4.81. The van der Waals surface area contributed by atoms with Crippen molar-refractivity contribution in [3.05, 3.63) is 47.6 Å². The molecule has 0 aromatic heterocycles. The van der Waals surface area contributed by atoms with Crippen molar-refractivity contribution < 1.29 is 47.7 Å². The Bertz CT molecular complexity index is 716. The molecule has 31 heavy (non-hydrogen) atoms. The van der Waals surface area contributed by atoms with Crippen LogP contribution in [0.3, 0.4) is 0 Å². The molecule has 2 atom stereocenters. The Morgan fingerprint density at radius 1 is 0.677 bits per heavy atom. The van der Waals surface area contributed by atoms with Crippen LogP contribution in [0.15, 0.2) is 47.6 Å². The van der Waals surface area contributed by atoms with Crippen LogP contribution in [-0.4, -0.2) is 51.8 Å². The summed E-state index contributed by atoms with van der Waals surface area (Å²) in [5.74, 6) is 0. The van der Waals surface area contributed by atoms with Gasteiger partial charge >= 0.3 is 194 Å². The summed E-state index contributed by atoms with van der Waals surface area (Å²) < 4.78 is 6.79. The molecule has 2 saturated heterocycles. The van der Waals surface area contributed by atoms with E-state index in [0.29, 0.717) is 5.59 Å². The molecule has 2 nitrogen and oxygen atoms in total. The third-order valence-corrected chi connectivity index (χ3v) is 37.5. The van der Waals surface area contributed by atoms with Crippen LogP contribution in [0.5, 0.6) is 0 Å². The molecular formula is C24H40Cl2HfN2Si2. The molecule has 0 N–H and O–H groups in total. The molecule has 172 valence electrons. The van der Waals surface area contributed by atoms with Gasteiger partial charge in [-0.3, -0.25) is 0 Å². The third-order valence-electron chi connectivity index (χ3n) is 8.36. The van der Waals surface area contributed by atoms with Crippen molar-refractivity contribution in [2.75, 3.05) is 26.2 Å². The van der Waals surface area contributed by atoms with Crippen molar-refractivity contribution in [3.8, 4) is 0 Å². The summed E-state index contributed by atoms with van der Waals surface area (Å²) in [6.45, 7) is 20.9. The summed E-state index contributed by atoms with van der Waals surface area (Å²) in [5, 5.41) is 0. The maximum Gasteiger partial charge on any atom is -1.00 e. The molecule has 0 amide bonds. The van der Waals surface area contributed by atoms with Gasteiger partial charge in [-0.2, -0.15) is 0 Å². The molecular weight excluding hydrogens is 622 g/mol. The number of allylic oxidation sites excluding steroid dienone is 8. The van der Waals surface area contributed by atoms with E-state index < -0.39 is 39.4 Å². The number of hydrogen-bond acceptors (Lipinski definition) is 2. The molecule has 7 heteroatoms. The second kappa shape index (κ2) is 10.2. The molecule has 4 aliphatic rings. The van der Waals surface area contributed by atoms with Crippen LogP contribution in [0.2, 0.25) is 31.8 Å². The molecule has 2 aliphatic heterocycles. The molecule has 2 aliphatic carbocycles. The first kappa shape index (κ1) is 28.0. The molecule has 0 saturated carbocycles. The Morgan fingerprint density at radius 3 is 1.26 bits per heavy atom. The molecule has 0 aromatic carbocycles. The number of hydrogen-bond donors (Lipinski definition) is 0. The molecule has 0 radical (unpaired) electrons. The Kier molecular flexibility index (Phi) is 9.19. The van der Waals surface area contributed by atoms with Crippen molar-refractivity contribution in [2.24, 2.45) is 0 Å². The Morgan fingerprint density at radius 2 is 1.00 bits per heavy atom. The zero-order chi connectivity index (χ0) is 20.9. The predicted octanol–water partition coefficient (Wildman–Crippen LogP) is 0.107. The van der Waals surface area contributed by atoms with Gasteiger partial charge in [-0.1, -0.05) is 0 Å². The van der Waals surface area contributed by atoms with Gasteiger partial charge in [0.2, 0.25) is 0 Å². The smallest absolute Gasteiger partial charge is 1.00 e. The summed E-state index contributed by atoms with van der Waals surface area (Å²) in [7, 11) is -3.17. The summed E-state index contributed by atoms with van der Waals surface area (Å²) in [5.41, 5.74) is 3.05.